The van der Waals surface area contributed by atoms with Crippen LogP contribution in [-0.2, 0) is 0 Å². The van der Waals surface area contributed by atoms with Crippen molar-refractivity contribution >= 4 is 39.7 Å². The molecule has 0 saturated carbocycles. The van der Waals surface area contributed by atoms with Gasteiger partial charge in [-0.1, -0.05) is 71.7 Å². The van der Waals surface area contributed by atoms with Crippen LogP contribution in [-0.4, -0.2) is 10.7 Å². The molecule has 2 aliphatic heterocycles. The van der Waals surface area contributed by atoms with Crippen molar-refractivity contribution in [3.05, 3.63) is 112 Å². The molecule has 0 aliphatic carbocycles. The highest BCUT2D eigenvalue weighted by Crippen LogP contribution is 2.48. The maximum absolute atomic E-state index is 6.40. The molecule has 31 heavy (non-hydrogen) atoms. The topological polar surface area (TPSA) is 24.8 Å². The first-order valence-corrected chi connectivity index (χ1v) is 11.0. The Bertz CT molecular complexity index is 1350. The summed E-state index contributed by atoms with van der Waals surface area (Å²) in [5.41, 5.74) is 4.20. The maximum atomic E-state index is 6.40. The minimum absolute atomic E-state index is 0.0490. The lowest BCUT2D eigenvalue weighted by molar-refractivity contribution is -0.0190. The summed E-state index contributed by atoms with van der Waals surface area (Å²) in [6.45, 7) is 0. The predicted octanol–water partition coefficient (Wildman–Crippen LogP) is 7.39. The molecule has 0 amide bonds. The van der Waals surface area contributed by atoms with E-state index in [1.165, 1.54) is 10.8 Å². The third kappa shape index (κ3) is 3.25. The van der Waals surface area contributed by atoms with Gasteiger partial charge in [0, 0.05) is 27.6 Å². The summed E-state index contributed by atoms with van der Waals surface area (Å²) < 4.78 is 6.40. The molecule has 0 spiro atoms. The number of rotatable bonds is 2. The van der Waals surface area contributed by atoms with Crippen LogP contribution in [0.25, 0.3) is 10.8 Å². The molecule has 0 N–H and O–H groups in total. The first-order chi connectivity index (χ1) is 15.2. The zero-order valence-corrected chi connectivity index (χ0v) is 18.0. The summed E-state index contributed by atoms with van der Waals surface area (Å²) in [4.78, 5) is 0. The van der Waals surface area contributed by atoms with Gasteiger partial charge >= 0.3 is 0 Å². The van der Waals surface area contributed by atoms with Crippen LogP contribution < -0.4 is 4.74 Å². The average Bonchev–Trinajstić information content (AvgIpc) is 3.24. The van der Waals surface area contributed by atoms with E-state index in [9.17, 15) is 0 Å². The fraction of sp³-hybridized carbons (Fsp3) is 0.115. The van der Waals surface area contributed by atoms with Crippen LogP contribution in [0.2, 0.25) is 10.0 Å². The Hall–Kier alpha value is -3.01. The molecule has 2 atom stereocenters. The van der Waals surface area contributed by atoms with E-state index >= 15 is 0 Å². The summed E-state index contributed by atoms with van der Waals surface area (Å²) in [6.07, 6.45) is 0.432. The second-order valence-corrected chi connectivity index (χ2v) is 8.79. The summed E-state index contributed by atoms with van der Waals surface area (Å²) in [6, 6.07) is 28.5. The standard InChI is InChI=1S/C26H18Cl2N2O/c27-20-7-3-6-19(13-20)26-30-24(22-14-21(28)10-11-25(22)31-26)15-23(29-30)18-9-8-16-4-1-2-5-17(16)12-18/h1-14,24,26H,15H2/t24-,26-/m0/s1. The van der Waals surface area contributed by atoms with Crippen molar-refractivity contribution in [1.29, 1.82) is 0 Å². The Morgan fingerprint density at radius 1 is 0.806 bits per heavy atom. The van der Waals surface area contributed by atoms with E-state index in [-0.39, 0.29) is 12.3 Å². The van der Waals surface area contributed by atoms with Crippen LogP contribution in [0.15, 0.2) is 90.0 Å². The van der Waals surface area contributed by atoms with Crippen molar-refractivity contribution in [2.75, 3.05) is 0 Å². The lowest BCUT2D eigenvalue weighted by Crippen LogP contribution is -2.33. The quantitative estimate of drug-likeness (QED) is 0.321. The number of benzene rings is 4. The minimum atomic E-state index is -0.352. The van der Waals surface area contributed by atoms with Gasteiger partial charge in [0.05, 0.1) is 11.8 Å². The van der Waals surface area contributed by atoms with Gasteiger partial charge in [-0.15, -0.1) is 0 Å². The molecule has 0 fully saturated rings. The lowest BCUT2D eigenvalue weighted by Gasteiger charge is -2.38. The molecule has 2 aliphatic rings. The number of ether oxygens (including phenoxy) is 1. The average molecular weight is 445 g/mol. The first kappa shape index (κ1) is 18.7. The van der Waals surface area contributed by atoms with Crippen molar-refractivity contribution < 1.29 is 4.74 Å². The van der Waals surface area contributed by atoms with Gasteiger partial charge in [0.1, 0.15) is 5.75 Å². The van der Waals surface area contributed by atoms with Gasteiger partial charge in [0.15, 0.2) is 0 Å². The molecule has 4 aromatic carbocycles. The molecular weight excluding hydrogens is 427 g/mol. The van der Waals surface area contributed by atoms with Gasteiger partial charge in [0.25, 0.3) is 0 Å². The Morgan fingerprint density at radius 2 is 1.65 bits per heavy atom. The Kier molecular flexibility index (Phi) is 4.41. The number of hydrogen-bond donors (Lipinski definition) is 0. The van der Waals surface area contributed by atoms with E-state index in [0.29, 0.717) is 10.0 Å². The predicted molar refractivity (Wildman–Crippen MR) is 126 cm³/mol. The molecule has 0 saturated heterocycles. The molecule has 5 heteroatoms. The fourth-order valence-electron chi connectivity index (χ4n) is 4.48. The third-order valence-electron chi connectivity index (χ3n) is 5.97. The van der Waals surface area contributed by atoms with Crippen molar-refractivity contribution in [3.63, 3.8) is 0 Å². The highest BCUT2D eigenvalue weighted by molar-refractivity contribution is 6.31. The number of hydrogen-bond acceptors (Lipinski definition) is 3. The van der Waals surface area contributed by atoms with Crippen molar-refractivity contribution in [3.8, 4) is 5.75 Å². The normalized spacial score (nSPS) is 19.5. The summed E-state index contributed by atoms with van der Waals surface area (Å²) in [5, 5.41) is 10.9. The largest absolute Gasteiger partial charge is 0.464 e. The molecule has 6 rings (SSSR count). The summed E-state index contributed by atoms with van der Waals surface area (Å²) in [5.74, 6) is 0.839. The van der Waals surface area contributed by atoms with Crippen LogP contribution in [0, 0.1) is 0 Å². The van der Waals surface area contributed by atoms with E-state index in [1.54, 1.807) is 0 Å². The van der Waals surface area contributed by atoms with Crippen molar-refractivity contribution in [1.82, 2.24) is 5.01 Å². The Balaban J connectivity index is 1.46. The van der Waals surface area contributed by atoms with Crippen molar-refractivity contribution in [2.24, 2.45) is 5.10 Å². The molecular formula is C26H18Cl2N2O. The van der Waals surface area contributed by atoms with Gasteiger partial charge in [0.2, 0.25) is 6.23 Å². The molecule has 0 bridgehead atoms. The SMILES string of the molecule is Clc1cccc([C@@H]2Oc3ccc(Cl)cc3[C@@H]3CC(c4ccc5ccccc5c4)=NN32)c1. The molecule has 4 aromatic rings. The number of halogens is 2. The van der Waals surface area contributed by atoms with Gasteiger partial charge in [-0.2, -0.15) is 5.10 Å². The number of fused-ring (bicyclic) bond motifs is 4. The highest BCUT2D eigenvalue weighted by atomic mass is 35.5. The monoisotopic (exact) mass is 444 g/mol. The molecule has 152 valence electrons. The molecule has 2 heterocycles. The molecule has 3 nitrogen and oxygen atoms in total. The second kappa shape index (κ2) is 7.30. The molecule has 0 radical (unpaired) electrons. The maximum Gasteiger partial charge on any atom is 0.213 e. The van der Waals surface area contributed by atoms with E-state index in [4.69, 9.17) is 33.0 Å². The Labute approximate surface area is 190 Å². The van der Waals surface area contributed by atoms with Crippen LogP contribution in [0.5, 0.6) is 5.75 Å². The smallest absolute Gasteiger partial charge is 0.213 e. The zero-order valence-electron chi connectivity index (χ0n) is 16.5. The van der Waals surface area contributed by atoms with E-state index < -0.39 is 0 Å². The number of hydrazone groups is 1. The van der Waals surface area contributed by atoms with Gasteiger partial charge in [-0.25, -0.2) is 5.01 Å². The van der Waals surface area contributed by atoms with E-state index in [2.05, 4.69) is 47.5 Å². The lowest BCUT2D eigenvalue weighted by atomic mass is 9.95. The zero-order chi connectivity index (χ0) is 20.9. The third-order valence-corrected chi connectivity index (χ3v) is 6.44. The summed E-state index contributed by atoms with van der Waals surface area (Å²) in [7, 11) is 0. The van der Waals surface area contributed by atoms with Crippen LogP contribution >= 0.6 is 23.2 Å². The summed E-state index contributed by atoms with van der Waals surface area (Å²) >= 11 is 12.6. The van der Waals surface area contributed by atoms with Gasteiger partial charge in [-0.3, -0.25) is 0 Å². The van der Waals surface area contributed by atoms with Crippen molar-refractivity contribution in [2.45, 2.75) is 18.7 Å². The van der Waals surface area contributed by atoms with Crippen LogP contribution in [0.3, 0.4) is 0 Å². The highest BCUT2D eigenvalue weighted by Gasteiger charge is 2.41. The minimum Gasteiger partial charge on any atom is -0.464 e. The van der Waals surface area contributed by atoms with Crippen LogP contribution in [0.4, 0.5) is 0 Å². The van der Waals surface area contributed by atoms with E-state index in [0.717, 1.165) is 34.6 Å². The van der Waals surface area contributed by atoms with Crippen LogP contribution in [0.1, 0.15) is 35.4 Å². The first-order valence-electron chi connectivity index (χ1n) is 10.2. The number of nitrogens with zero attached hydrogens (tertiary/aromatic N) is 2. The molecule has 0 aromatic heterocycles. The molecule has 0 unspecified atom stereocenters. The second-order valence-electron chi connectivity index (χ2n) is 7.92. The fourth-order valence-corrected chi connectivity index (χ4v) is 4.86. The van der Waals surface area contributed by atoms with Gasteiger partial charge in [-0.05, 0) is 52.7 Å². The van der Waals surface area contributed by atoms with Gasteiger partial charge < -0.3 is 4.74 Å². The Morgan fingerprint density at radius 3 is 2.52 bits per heavy atom. The van der Waals surface area contributed by atoms with E-state index in [1.807, 2.05) is 42.5 Å².